The summed E-state index contributed by atoms with van der Waals surface area (Å²) in [5, 5.41) is 3.49. The van der Waals surface area contributed by atoms with Gasteiger partial charge in [-0.3, -0.25) is 0 Å². The highest BCUT2D eigenvalue weighted by atomic mass is 15.3. The number of hydrogen-bond acceptors (Lipinski definition) is 4. The van der Waals surface area contributed by atoms with Crippen LogP contribution in [-0.4, -0.2) is 36.1 Å². The smallest absolute Gasteiger partial charge is 0.225 e. The first-order valence-electron chi connectivity index (χ1n) is 6.50. The summed E-state index contributed by atoms with van der Waals surface area (Å²) in [4.78, 5) is 11.5. The van der Waals surface area contributed by atoms with E-state index in [4.69, 9.17) is 0 Å². The molecule has 0 bridgehead atoms. The van der Waals surface area contributed by atoms with Crippen LogP contribution in [0.25, 0.3) is 0 Å². The van der Waals surface area contributed by atoms with E-state index in [1.54, 1.807) is 0 Å². The van der Waals surface area contributed by atoms with Gasteiger partial charge in [0.15, 0.2) is 0 Å². The van der Waals surface area contributed by atoms with Gasteiger partial charge in [-0.05, 0) is 51.3 Å². The zero-order valence-corrected chi connectivity index (χ0v) is 10.6. The standard InChI is InChI=1S/C13H20N4/c1-9-5-10(2)16-13(15-9)17-4-3-11-6-14-7-12(11)8-17/h5,11-12,14H,3-4,6-8H2,1-2H3/t11?,12-/m0/s1. The summed E-state index contributed by atoms with van der Waals surface area (Å²) in [7, 11) is 0. The van der Waals surface area contributed by atoms with Gasteiger partial charge in [-0.1, -0.05) is 0 Å². The van der Waals surface area contributed by atoms with Crippen LogP contribution in [0.15, 0.2) is 6.07 Å². The van der Waals surface area contributed by atoms with Gasteiger partial charge in [0, 0.05) is 24.5 Å². The average molecular weight is 232 g/mol. The lowest BCUT2D eigenvalue weighted by molar-refractivity contribution is 0.346. The van der Waals surface area contributed by atoms with Crippen molar-refractivity contribution in [2.45, 2.75) is 20.3 Å². The summed E-state index contributed by atoms with van der Waals surface area (Å²) < 4.78 is 0. The van der Waals surface area contributed by atoms with Gasteiger partial charge < -0.3 is 10.2 Å². The molecule has 0 radical (unpaired) electrons. The van der Waals surface area contributed by atoms with E-state index in [2.05, 4.69) is 20.2 Å². The maximum absolute atomic E-state index is 4.57. The third-order valence-electron chi connectivity index (χ3n) is 3.96. The largest absolute Gasteiger partial charge is 0.340 e. The van der Waals surface area contributed by atoms with Crippen molar-refractivity contribution in [2.24, 2.45) is 11.8 Å². The second-order valence-electron chi connectivity index (χ2n) is 5.36. The lowest BCUT2D eigenvalue weighted by Crippen LogP contribution is -2.41. The van der Waals surface area contributed by atoms with Crippen LogP contribution in [-0.2, 0) is 0 Å². The Bertz CT molecular complexity index is 398. The molecule has 3 rings (SSSR count). The van der Waals surface area contributed by atoms with Gasteiger partial charge in [-0.15, -0.1) is 0 Å². The lowest BCUT2D eigenvalue weighted by Gasteiger charge is -2.34. The highest BCUT2D eigenvalue weighted by Crippen LogP contribution is 2.28. The van der Waals surface area contributed by atoms with Crippen LogP contribution >= 0.6 is 0 Å². The Morgan fingerprint density at radius 3 is 2.65 bits per heavy atom. The minimum atomic E-state index is 0.785. The summed E-state index contributed by atoms with van der Waals surface area (Å²) >= 11 is 0. The molecule has 3 heterocycles. The summed E-state index contributed by atoms with van der Waals surface area (Å²) in [6.07, 6.45) is 1.27. The van der Waals surface area contributed by atoms with Crippen LogP contribution in [0, 0.1) is 25.7 Å². The Balaban J connectivity index is 1.80. The number of nitrogens with one attached hydrogen (secondary N) is 1. The molecule has 2 aliphatic heterocycles. The lowest BCUT2D eigenvalue weighted by atomic mass is 9.89. The van der Waals surface area contributed by atoms with Crippen molar-refractivity contribution in [2.75, 3.05) is 31.1 Å². The van der Waals surface area contributed by atoms with Crippen molar-refractivity contribution in [3.8, 4) is 0 Å². The quantitative estimate of drug-likeness (QED) is 0.788. The van der Waals surface area contributed by atoms with Crippen molar-refractivity contribution >= 4 is 5.95 Å². The molecule has 2 atom stereocenters. The summed E-state index contributed by atoms with van der Waals surface area (Å²) in [6.45, 7) is 8.66. The zero-order valence-electron chi connectivity index (χ0n) is 10.6. The molecule has 4 heteroatoms. The van der Waals surface area contributed by atoms with E-state index in [0.29, 0.717) is 0 Å². The van der Waals surface area contributed by atoms with Crippen molar-refractivity contribution in [3.63, 3.8) is 0 Å². The molecular weight excluding hydrogens is 212 g/mol. The number of rotatable bonds is 1. The van der Waals surface area contributed by atoms with Crippen LogP contribution in [0.3, 0.4) is 0 Å². The Morgan fingerprint density at radius 1 is 1.18 bits per heavy atom. The van der Waals surface area contributed by atoms with Gasteiger partial charge in [0.25, 0.3) is 0 Å². The molecule has 2 aliphatic rings. The van der Waals surface area contributed by atoms with E-state index in [-0.39, 0.29) is 0 Å². The maximum atomic E-state index is 4.57. The van der Waals surface area contributed by atoms with E-state index in [1.165, 1.54) is 13.0 Å². The molecule has 1 aromatic heterocycles. The molecule has 2 saturated heterocycles. The summed E-state index contributed by atoms with van der Waals surface area (Å²) in [5.74, 6) is 2.58. The molecule has 4 nitrogen and oxygen atoms in total. The van der Waals surface area contributed by atoms with E-state index in [9.17, 15) is 0 Å². The Hall–Kier alpha value is -1.16. The first kappa shape index (κ1) is 11.0. The minimum Gasteiger partial charge on any atom is -0.340 e. The van der Waals surface area contributed by atoms with Gasteiger partial charge in [-0.2, -0.15) is 0 Å². The molecule has 1 aromatic rings. The third kappa shape index (κ3) is 2.14. The summed E-state index contributed by atoms with van der Waals surface area (Å²) in [5.41, 5.74) is 2.14. The summed E-state index contributed by atoms with van der Waals surface area (Å²) in [6, 6.07) is 2.04. The zero-order chi connectivity index (χ0) is 11.8. The van der Waals surface area contributed by atoms with Crippen molar-refractivity contribution < 1.29 is 0 Å². The fraction of sp³-hybridized carbons (Fsp3) is 0.692. The number of aryl methyl sites for hydroxylation is 2. The number of hydrogen-bond donors (Lipinski definition) is 1. The monoisotopic (exact) mass is 232 g/mol. The molecule has 1 unspecified atom stereocenters. The van der Waals surface area contributed by atoms with Gasteiger partial charge in [-0.25, -0.2) is 9.97 Å². The van der Waals surface area contributed by atoms with Crippen LogP contribution in [0.5, 0.6) is 0 Å². The van der Waals surface area contributed by atoms with Crippen molar-refractivity contribution in [1.29, 1.82) is 0 Å². The molecule has 92 valence electrons. The average Bonchev–Trinajstić information content (AvgIpc) is 2.74. The SMILES string of the molecule is Cc1cc(C)nc(N2CCC3CNC[C@H]3C2)n1. The van der Waals surface area contributed by atoms with E-state index in [1.807, 2.05) is 19.9 Å². The number of aromatic nitrogens is 2. The highest BCUT2D eigenvalue weighted by molar-refractivity contribution is 5.33. The minimum absolute atomic E-state index is 0.785. The van der Waals surface area contributed by atoms with Crippen molar-refractivity contribution in [1.82, 2.24) is 15.3 Å². The maximum Gasteiger partial charge on any atom is 0.225 e. The molecule has 0 saturated carbocycles. The first-order chi connectivity index (χ1) is 8.22. The molecule has 0 aliphatic carbocycles. The van der Waals surface area contributed by atoms with E-state index < -0.39 is 0 Å². The molecule has 0 aromatic carbocycles. The van der Waals surface area contributed by atoms with Gasteiger partial charge in [0.1, 0.15) is 0 Å². The Labute approximate surface area is 102 Å². The fourth-order valence-electron chi connectivity index (χ4n) is 3.07. The van der Waals surface area contributed by atoms with Crippen LogP contribution in [0.1, 0.15) is 17.8 Å². The first-order valence-corrected chi connectivity index (χ1v) is 6.50. The van der Waals surface area contributed by atoms with Crippen LogP contribution in [0.2, 0.25) is 0 Å². The topological polar surface area (TPSA) is 41.1 Å². The fourth-order valence-corrected chi connectivity index (χ4v) is 3.07. The second kappa shape index (κ2) is 4.26. The molecule has 2 fully saturated rings. The van der Waals surface area contributed by atoms with Crippen molar-refractivity contribution in [3.05, 3.63) is 17.5 Å². The van der Waals surface area contributed by atoms with Gasteiger partial charge in [0.05, 0.1) is 0 Å². The number of anilines is 1. The normalized spacial score (nSPS) is 28.2. The molecule has 0 spiro atoms. The number of fused-ring (bicyclic) bond motifs is 1. The number of nitrogens with zero attached hydrogens (tertiary/aromatic N) is 3. The predicted octanol–water partition coefficient (Wildman–Crippen LogP) is 1.14. The van der Waals surface area contributed by atoms with Crippen LogP contribution in [0.4, 0.5) is 5.95 Å². The predicted molar refractivity (Wildman–Crippen MR) is 68.2 cm³/mol. The van der Waals surface area contributed by atoms with E-state index >= 15 is 0 Å². The molecule has 0 amide bonds. The molecule has 1 N–H and O–H groups in total. The van der Waals surface area contributed by atoms with E-state index in [0.717, 1.165) is 48.8 Å². The third-order valence-corrected chi connectivity index (χ3v) is 3.96. The van der Waals surface area contributed by atoms with Gasteiger partial charge in [0.2, 0.25) is 5.95 Å². The van der Waals surface area contributed by atoms with Crippen LogP contribution < -0.4 is 10.2 Å². The Kier molecular flexibility index (Phi) is 2.74. The highest BCUT2D eigenvalue weighted by Gasteiger charge is 2.33. The molecular formula is C13H20N4. The van der Waals surface area contributed by atoms with Gasteiger partial charge >= 0.3 is 0 Å². The molecule has 17 heavy (non-hydrogen) atoms. The number of piperidine rings is 1. The second-order valence-corrected chi connectivity index (χ2v) is 5.36. The Morgan fingerprint density at radius 2 is 1.88 bits per heavy atom.